The van der Waals surface area contributed by atoms with E-state index in [9.17, 15) is 0 Å². The predicted octanol–water partition coefficient (Wildman–Crippen LogP) is 3.23. The van der Waals surface area contributed by atoms with Crippen LogP contribution in [0.15, 0.2) is 24.3 Å². The summed E-state index contributed by atoms with van der Waals surface area (Å²) in [6.07, 6.45) is 2.23. The molecule has 7 heteroatoms. The van der Waals surface area contributed by atoms with Crippen LogP contribution in [0, 0.1) is 0 Å². The monoisotopic (exact) mass is 465 g/mol. The molecule has 2 aromatic heterocycles. The number of aromatic nitrogens is 3. The standard InChI is InChI=1S/C27H43N7/c1-21(2)24-8-9-27(30-29-24)34-18-16-32(17-19-34)12-10-22(3)25-7-6-23-20-33(15-14-31(4)5)13-11-26(23)28-25/h6-9,21-22H,10-20H2,1-5H3. The van der Waals surface area contributed by atoms with E-state index >= 15 is 0 Å². The number of anilines is 1. The molecule has 7 nitrogen and oxygen atoms in total. The lowest BCUT2D eigenvalue weighted by Gasteiger charge is -2.35. The molecule has 0 amide bonds. The van der Waals surface area contributed by atoms with E-state index in [0.717, 1.165) is 83.3 Å². The Morgan fingerprint density at radius 2 is 1.62 bits per heavy atom. The Morgan fingerprint density at radius 1 is 0.853 bits per heavy atom. The minimum absolute atomic E-state index is 0.424. The van der Waals surface area contributed by atoms with Crippen molar-refractivity contribution in [3.8, 4) is 0 Å². The van der Waals surface area contributed by atoms with E-state index in [1.807, 2.05) is 0 Å². The third kappa shape index (κ3) is 6.52. The minimum Gasteiger partial charge on any atom is -0.353 e. The largest absolute Gasteiger partial charge is 0.353 e. The molecule has 2 aliphatic rings. The summed E-state index contributed by atoms with van der Waals surface area (Å²) in [6.45, 7) is 16.4. The second kappa shape index (κ2) is 11.6. The van der Waals surface area contributed by atoms with Crippen molar-refractivity contribution in [3.05, 3.63) is 46.9 Å². The van der Waals surface area contributed by atoms with Crippen molar-refractivity contribution >= 4 is 5.82 Å². The van der Waals surface area contributed by atoms with Gasteiger partial charge in [-0.2, -0.15) is 5.10 Å². The van der Waals surface area contributed by atoms with Gasteiger partial charge in [-0.05, 0) is 62.7 Å². The molecule has 0 N–H and O–H groups in total. The van der Waals surface area contributed by atoms with Crippen molar-refractivity contribution in [2.45, 2.75) is 52.0 Å². The SMILES string of the molecule is CC(C)c1ccc(N2CCN(CCC(C)c3ccc4c(n3)CCN(CCN(C)C)C4)CC2)nn1. The third-order valence-electron chi connectivity index (χ3n) is 7.35. The number of likely N-dealkylation sites (N-methyl/N-ethyl adjacent to an activating group) is 1. The summed E-state index contributed by atoms with van der Waals surface area (Å²) < 4.78 is 0. The van der Waals surface area contributed by atoms with Crippen molar-refractivity contribution < 1.29 is 0 Å². The molecule has 0 radical (unpaired) electrons. The summed E-state index contributed by atoms with van der Waals surface area (Å²) in [5.41, 5.74) is 5.07. The Morgan fingerprint density at radius 3 is 2.29 bits per heavy atom. The van der Waals surface area contributed by atoms with E-state index in [-0.39, 0.29) is 0 Å². The van der Waals surface area contributed by atoms with Crippen molar-refractivity contribution in [3.63, 3.8) is 0 Å². The number of piperazine rings is 1. The zero-order chi connectivity index (χ0) is 24.1. The summed E-state index contributed by atoms with van der Waals surface area (Å²) in [5.74, 6) is 1.92. The first-order valence-electron chi connectivity index (χ1n) is 13.1. The minimum atomic E-state index is 0.424. The highest BCUT2D eigenvalue weighted by molar-refractivity contribution is 5.38. The summed E-state index contributed by atoms with van der Waals surface area (Å²) in [7, 11) is 4.29. The maximum atomic E-state index is 5.10. The molecule has 1 unspecified atom stereocenters. The smallest absolute Gasteiger partial charge is 0.151 e. The van der Waals surface area contributed by atoms with Crippen LogP contribution in [-0.2, 0) is 13.0 Å². The Kier molecular flexibility index (Phi) is 8.51. The highest BCUT2D eigenvalue weighted by Gasteiger charge is 2.21. The van der Waals surface area contributed by atoms with E-state index in [1.165, 1.54) is 17.0 Å². The second-order valence-corrected chi connectivity index (χ2v) is 10.7. The number of hydrogen-bond donors (Lipinski definition) is 0. The molecular formula is C27H43N7. The van der Waals surface area contributed by atoms with Gasteiger partial charge in [0.25, 0.3) is 0 Å². The Balaban J connectivity index is 1.23. The van der Waals surface area contributed by atoms with Crippen molar-refractivity contribution in [1.29, 1.82) is 0 Å². The summed E-state index contributed by atoms with van der Waals surface area (Å²) in [6, 6.07) is 8.86. The Bertz CT molecular complexity index is 904. The van der Waals surface area contributed by atoms with Gasteiger partial charge in [-0.1, -0.05) is 26.8 Å². The molecule has 0 bridgehead atoms. The van der Waals surface area contributed by atoms with Crippen molar-refractivity contribution in [1.82, 2.24) is 29.9 Å². The number of pyridine rings is 1. The maximum absolute atomic E-state index is 5.10. The van der Waals surface area contributed by atoms with Crippen LogP contribution < -0.4 is 4.90 Å². The van der Waals surface area contributed by atoms with E-state index in [4.69, 9.17) is 4.98 Å². The highest BCUT2D eigenvalue weighted by atomic mass is 15.3. The summed E-state index contributed by atoms with van der Waals surface area (Å²) >= 11 is 0. The fourth-order valence-electron chi connectivity index (χ4n) is 4.84. The molecule has 2 aliphatic heterocycles. The average Bonchev–Trinajstić information content (AvgIpc) is 2.86. The van der Waals surface area contributed by atoms with E-state index in [2.05, 4.69) is 88.9 Å². The molecule has 2 aromatic rings. The van der Waals surface area contributed by atoms with Crippen LogP contribution in [0.25, 0.3) is 0 Å². The molecule has 0 aliphatic carbocycles. The first kappa shape index (κ1) is 25.0. The van der Waals surface area contributed by atoms with Gasteiger partial charge in [-0.3, -0.25) is 14.8 Å². The van der Waals surface area contributed by atoms with Gasteiger partial charge < -0.3 is 9.80 Å². The molecule has 4 rings (SSSR count). The van der Waals surface area contributed by atoms with Crippen LogP contribution in [0.4, 0.5) is 5.82 Å². The van der Waals surface area contributed by atoms with Crippen LogP contribution in [0.5, 0.6) is 0 Å². The van der Waals surface area contributed by atoms with Gasteiger partial charge in [0.2, 0.25) is 0 Å². The van der Waals surface area contributed by atoms with E-state index in [0.29, 0.717) is 11.8 Å². The predicted molar refractivity (Wildman–Crippen MR) is 140 cm³/mol. The molecule has 1 fully saturated rings. The van der Waals surface area contributed by atoms with E-state index in [1.54, 1.807) is 0 Å². The van der Waals surface area contributed by atoms with Gasteiger partial charge in [-0.25, -0.2) is 0 Å². The molecule has 1 atom stereocenters. The number of hydrogen-bond acceptors (Lipinski definition) is 7. The normalized spacial score (nSPS) is 18.5. The van der Waals surface area contributed by atoms with E-state index < -0.39 is 0 Å². The fraction of sp³-hybridized carbons (Fsp3) is 0.667. The topological polar surface area (TPSA) is 51.6 Å². The van der Waals surface area contributed by atoms with Gasteiger partial charge in [0, 0.05) is 70.2 Å². The van der Waals surface area contributed by atoms with Gasteiger partial charge in [-0.15, -0.1) is 5.10 Å². The summed E-state index contributed by atoms with van der Waals surface area (Å²) in [5, 5.41) is 8.86. The van der Waals surface area contributed by atoms with Crippen LogP contribution in [0.1, 0.15) is 61.7 Å². The highest BCUT2D eigenvalue weighted by Crippen LogP contribution is 2.24. The van der Waals surface area contributed by atoms with Gasteiger partial charge >= 0.3 is 0 Å². The molecule has 0 saturated carbocycles. The molecule has 0 aromatic carbocycles. The number of nitrogens with zero attached hydrogens (tertiary/aromatic N) is 7. The maximum Gasteiger partial charge on any atom is 0.151 e. The quantitative estimate of drug-likeness (QED) is 0.564. The number of fused-ring (bicyclic) bond motifs is 1. The van der Waals surface area contributed by atoms with Crippen molar-refractivity contribution in [2.24, 2.45) is 0 Å². The van der Waals surface area contributed by atoms with Crippen LogP contribution in [0.2, 0.25) is 0 Å². The lowest BCUT2D eigenvalue weighted by Crippen LogP contribution is -2.47. The molecular weight excluding hydrogens is 422 g/mol. The van der Waals surface area contributed by atoms with Crippen molar-refractivity contribution in [2.75, 3.05) is 71.4 Å². The van der Waals surface area contributed by atoms with Gasteiger partial charge in [0.15, 0.2) is 5.82 Å². The lowest BCUT2D eigenvalue weighted by molar-refractivity contribution is 0.223. The third-order valence-corrected chi connectivity index (χ3v) is 7.35. The Labute approximate surface area is 206 Å². The number of rotatable bonds is 9. The molecule has 0 spiro atoms. The van der Waals surface area contributed by atoms with Crippen LogP contribution >= 0.6 is 0 Å². The first-order valence-corrected chi connectivity index (χ1v) is 13.1. The molecule has 4 heterocycles. The lowest BCUT2D eigenvalue weighted by atomic mass is 9.99. The molecule has 1 saturated heterocycles. The Hall–Kier alpha value is -2.09. The molecule has 186 valence electrons. The average molecular weight is 466 g/mol. The first-order chi connectivity index (χ1) is 16.4. The second-order valence-electron chi connectivity index (χ2n) is 10.7. The summed E-state index contributed by atoms with van der Waals surface area (Å²) in [4.78, 5) is 14.9. The zero-order valence-electron chi connectivity index (χ0n) is 21.9. The zero-order valence-corrected chi connectivity index (χ0v) is 21.9. The van der Waals surface area contributed by atoms with Crippen LogP contribution in [0.3, 0.4) is 0 Å². The fourth-order valence-corrected chi connectivity index (χ4v) is 4.84. The van der Waals surface area contributed by atoms with Gasteiger partial charge in [0.05, 0.1) is 5.69 Å². The van der Waals surface area contributed by atoms with Gasteiger partial charge in [0.1, 0.15) is 0 Å². The van der Waals surface area contributed by atoms with Crippen LogP contribution in [-0.4, -0.2) is 96.3 Å². The molecule has 34 heavy (non-hydrogen) atoms.